The lowest BCUT2D eigenvalue weighted by molar-refractivity contribution is -0.00796. The highest BCUT2D eigenvalue weighted by molar-refractivity contribution is 7.90. The van der Waals surface area contributed by atoms with Gasteiger partial charge in [0.05, 0.1) is 42.2 Å². The molecule has 2 aromatic carbocycles. The maximum atomic E-state index is 13.7. The molecule has 11 heteroatoms. The minimum atomic E-state index is -3.27. The number of likely N-dealkylation sites (tertiary alicyclic amines) is 1. The van der Waals surface area contributed by atoms with Crippen LogP contribution < -0.4 is 4.74 Å². The van der Waals surface area contributed by atoms with E-state index in [0.717, 1.165) is 19.1 Å². The molecular weight excluding hydrogens is 463 g/mol. The van der Waals surface area contributed by atoms with E-state index < -0.39 is 15.7 Å². The van der Waals surface area contributed by atoms with Crippen LogP contribution in [-0.2, 0) is 21.2 Å². The van der Waals surface area contributed by atoms with E-state index in [1.54, 1.807) is 23.2 Å². The molecule has 0 radical (unpaired) electrons. The minimum Gasteiger partial charge on any atom is -0.496 e. The van der Waals surface area contributed by atoms with Crippen molar-refractivity contribution in [2.24, 2.45) is 0 Å². The molecule has 0 saturated carbocycles. The second-order valence-electron chi connectivity index (χ2n) is 8.09. The average Bonchev–Trinajstić information content (AvgIpc) is 3.31. The van der Waals surface area contributed by atoms with E-state index in [9.17, 15) is 17.6 Å². The van der Waals surface area contributed by atoms with Gasteiger partial charge in [0.1, 0.15) is 17.3 Å². The van der Waals surface area contributed by atoms with E-state index in [2.05, 4.69) is 10.3 Å². The van der Waals surface area contributed by atoms with Gasteiger partial charge in [-0.15, -0.1) is 5.10 Å². The Morgan fingerprint density at radius 3 is 2.68 bits per heavy atom. The van der Waals surface area contributed by atoms with Gasteiger partial charge in [-0.3, -0.25) is 4.79 Å². The van der Waals surface area contributed by atoms with Crippen LogP contribution in [-0.4, -0.2) is 66.8 Å². The SMILES string of the molecule is COc1ccc(F)cc1C(=O)N1CCCC(OCc2cn(-c3ccc(S(C)(=O)=O)cc3)nn2)C1. The molecular formula is C23H25FN4O5S. The molecule has 1 saturated heterocycles. The lowest BCUT2D eigenvalue weighted by Crippen LogP contribution is -2.43. The molecule has 1 fully saturated rings. The van der Waals surface area contributed by atoms with Gasteiger partial charge in [0.15, 0.2) is 9.84 Å². The first-order chi connectivity index (χ1) is 16.2. The van der Waals surface area contributed by atoms with Crippen LogP contribution in [0.1, 0.15) is 28.9 Å². The highest BCUT2D eigenvalue weighted by Gasteiger charge is 2.27. The number of benzene rings is 2. The molecule has 34 heavy (non-hydrogen) atoms. The molecule has 1 aliphatic rings. The topological polar surface area (TPSA) is 104 Å². The molecule has 1 atom stereocenters. The number of hydrogen-bond donors (Lipinski definition) is 0. The molecule has 1 unspecified atom stereocenters. The number of sulfone groups is 1. The summed E-state index contributed by atoms with van der Waals surface area (Å²) in [6.07, 6.45) is 4.20. The Hall–Kier alpha value is -3.31. The van der Waals surface area contributed by atoms with Crippen LogP contribution in [0.5, 0.6) is 5.75 Å². The molecule has 9 nitrogen and oxygen atoms in total. The highest BCUT2D eigenvalue weighted by atomic mass is 32.2. The first-order valence-electron chi connectivity index (χ1n) is 10.7. The summed E-state index contributed by atoms with van der Waals surface area (Å²) in [7, 11) is -1.83. The summed E-state index contributed by atoms with van der Waals surface area (Å²) in [6.45, 7) is 1.13. The molecule has 4 rings (SSSR count). The van der Waals surface area contributed by atoms with Gasteiger partial charge in [0, 0.05) is 19.3 Å². The van der Waals surface area contributed by atoms with Gasteiger partial charge < -0.3 is 14.4 Å². The van der Waals surface area contributed by atoms with Crippen molar-refractivity contribution in [2.45, 2.75) is 30.4 Å². The van der Waals surface area contributed by atoms with Crippen molar-refractivity contribution >= 4 is 15.7 Å². The van der Waals surface area contributed by atoms with Gasteiger partial charge in [-0.05, 0) is 55.3 Å². The molecule has 180 valence electrons. The number of piperidine rings is 1. The number of halogens is 1. The predicted molar refractivity (Wildman–Crippen MR) is 121 cm³/mol. The Morgan fingerprint density at radius 1 is 1.21 bits per heavy atom. The largest absolute Gasteiger partial charge is 0.496 e. The summed E-state index contributed by atoms with van der Waals surface area (Å²) in [4.78, 5) is 14.8. The summed E-state index contributed by atoms with van der Waals surface area (Å²) in [6, 6.07) is 10.2. The Labute approximate surface area is 197 Å². The number of ether oxygens (including phenoxy) is 2. The van der Waals surface area contributed by atoms with Crippen molar-refractivity contribution in [2.75, 3.05) is 26.5 Å². The quantitative estimate of drug-likeness (QED) is 0.504. The Kier molecular flexibility index (Phi) is 6.94. The van der Waals surface area contributed by atoms with Gasteiger partial charge in [0.25, 0.3) is 5.91 Å². The standard InChI is InChI=1S/C23H25FN4O5S/c1-32-22-10-5-16(24)12-21(22)23(29)27-11-3-4-19(14-27)33-15-17-13-28(26-25-17)18-6-8-20(9-7-18)34(2,30)31/h5-10,12-13,19H,3-4,11,14-15H2,1-2H3. The zero-order valence-corrected chi connectivity index (χ0v) is 19.7. The monoisotopic (exact) mass is 488 g/mol. The summed E-state index contributed by atoms with van der Waals surface area (Å²) >= 11 is 0. The lowest BCUT2D eigenvalue weighted by Gasteiger charge is -2.32. The fourth-order valence-electron chi connectivity index (χ4n) is 3.82. The van der Waals surface area contributed by atoms with Crippen LogP contribution in [0.25, 0.3) is 5.69 Å². The lowest BCUT2D eigenvalue weighted by atomic mass is 10.1. The van der Waals surface area contributed by atoms with Crippen molar-refractivity contribution in [3.63, 3.8) is 0 Å². The van der Waals surface area contributed by atoms with E-state index in [1.807, 2.05) is 0 Å². The van der Waals surface area contributed by atoms with Crippen molar-refractivity contribution < 1.29 is 27.1 Å². The molecule has 1 aromatic heterocycles. The number of carbonyl (C=O) groups excluding carboxylic acids is 1. The maximum Gasteiger partial charge on any atom is 0.257 e. The zero-order valence-electron chi connectivity index (χ0n) is 18.8. The zero-order chi connectivity index (χ0) is 24.3. The minimum absolute atomic E-state index is 0.188. The van der Waals surface area contributed by atoms with Crippen molar-refractivity contribution in [3.05, 3.63) is 65.7 Å². The summed E-state index contributed by atoms with van der Waals surface area (Å²) in [5.41, 5.74) is 1.46. The highest BCUT2D eigenvalue weighted by Crippen LogP contribution is 2.24. The fraction of sp³-hybridized carbons (Fsp3) is 0.348. The Bertz CT molecular complexity index is 1280. The smallest absolute Gasteiger partial charge is 0.257 e. The van der Waals surface area contributed by atoms with E-state index >= 15 is 0 Å². The molecule has 1 aliphatic heterocycles. The molecule has 1 amide bonds. The van der Waals surface area contributed by atoms with E-state index in [-0.39, 0.29) is 29.1 Å². The normalized spacial score (nSPS) is 16.4. The molecule has 0 spiro atoms. The molecule has 3 aromatic rings. The van der Waals surface area contributed by atoms with Crippen molar-refractivity contribution in [1.29, 1.82) is 0 Å². The second kappa shape index (κ2) is 9.90. The van der Waals surface area contributed by atoms with Crippen LogP contribution in [0.3, 0.4) is 0 Å². The first kappa shape index (κ1) is 23.8. The van der Waals surface area contributed by atoms with Gasteiger partial charge in [-0.1, -0.05) is 5.21 Å². The van der Waals surface area contributed by atoms with Crippen LogP contribution >= 0.6 is 0 Å². The third-order valence-electron chi connectivity index (χ3n) is 5.59. The van der Waals surface area contributed by atoms with Crippen molar-refractivity contribution in [3.8, 4) is 11.4 Å². The molecule has 2 heterocycles. The summed E-state index contributed by atoms with van der Waals surface area (Å²) in [5.74, 6) is -0.466. The van der Waals surface area contributed by atoms with E-state index in [0.29, 0.717) is 30.2 Å². The van der Waals surface area contributed by atoms with E-state index in [1.165, 1.54) is 42.1 Å². The fourth-order valence-corrected chi connectivity index (χ4v) is 4.45. The molecule has 0 aliphatic carbocycles. The third-order valence-corrected chi connectivity index (χ3v) is 6.72. The summed E-state index contributed by atoms with van der Waals surface area (Å²) in [5, 5.41) is 8.19. The third kappa shape index (κ3) is 5.42. The number of methoxy groups -OCH3 is 1. The van der Waals surface area contributed by atoms with Crippen LogP contribution in [0.4, 0.5) is 4.39 Å². The first-order valence-corrected chi connectivity index (χ1v) is 12.6. The summed E-state index contributed by atoms with van der Waals surface area (Å²) < 4.78 is 49.7. The Morgan fingerprint density at radius 2 is 1.97 bits per heavy atom. The number of rotatable bonds is 7. The van der Waals surface area contributed by atoms with Crippen LogP contribution in [0.2, 0.25) is 0 Å². The second-order valence-corrected chi connectivity index (χ2v) is 10.1. The van der Waals surface area contributed by atoms with E-state index in [4.69, 9.17) is 9.47 Å². The number of carbonyl (C=O) groups is 1. The Balaban J connectivity index is 1.37. The van der Waals surface area contributed by atoms with Gasteiger partial charge in [-0.25, -0.2) is 17.5 Å². The number of amides is 1. The predicted octanol–water partition coefficient (Wildman–Crippen LogP) is 2.64. The van der Waals surface area contributed by atoms with Gasteiger partial charge >= 0.3 is 0 Å². The maximum absolute atomic E-state index is 13.7. The van der Waals surface area contributed by atoms with Crippen LogP contribution in [0.15, 0.2) is 53.6 Å². The molecule has 0 N–H and O–H groups in total. The molecule has 0 bridgehead atoms. The number of hydrogen-bond acceptors (Lipinski definition) is 7. The number of aromatic nitrogens is 3. The van der Waals surface area contributed by atoms with Gasteiger partial charge in [-0.2, -0.15) is 0 Å². The van der Waals surface area contributed by atoms with Crippen LogP contribution in [0, 0.1) is 5.82 Å². The number of nitrogens with zero attached hydrogens (tertiary/aromatic N) is 4. The van der Waals surface area contributed by atoms with Crippen molar-refractivity contribution in [1.82, 2.24) is 19.9 Å². The average molecular weight is 489 g/mol. The van der Waals surface area contributed by atoms with Gasteiger partial charge in [0.2, 0.25) is 0 Å².